The van der Waals surface area contributed by atoms with Crippen molar-refractivity contribution in [2.24, 2.45) is 0 Å². The van der Waals surface area contributed by atoms with Gasteiger partial charge in [0, 0.05) is 22.3 Å². The lowest BCUT2D eigenvalue weighted by Gasteiger charge is -2.05. The van der Waals surface area contributed by atoms with E-state index in [0.29, 0.717) is 0 Å². The van der Waals surface area contributed by atoms with Gasteiger partial charge in [-0.3, -0.25) is 0 Å². The highest BCUT2D eigenvalue weighted by atomic mass is 79.9. The highest BCUT2D eigenvalue weighted by molar-refractivity contribution is 9.10. The van der Waals surface area contributed by atoms with Crippen LogP contribution in [0, 0.1) is 6.92 Å². The second-order valence-electron chi connectivity index (χ2n) is 4.92. The Hall–Kier alpha value is -1.46. The van der Waals surface area contributed by atoms with Crippen LogP contribution in [0.5, 0.6) is 0 Å². The van der Waals surface area contributed by atoms with Gasteiger partial charge in [-0.05, 0) is 53.0 Å². The molecule has 1 atom stereocenters. The summed E-state index contributed by atoms with van der Waals surface area (Å²) in [4.78, 5) is 5.22. The molecular formula is C16H15BrN2OS. The summed E-state index contributed by atoms with van der Waals surface area (Å²) in [6, 6.07) is 9.79. The molecule has 5 heteroatoms. The zero-order valence-corrected chi connectivity index (χ0v) is 14.2. The Morgan fingerprint density at radius 2 is 2.00 bits per heavy atom. The van der Waals surface area contributed by atoms with Crippen LogP contribution >= 0.6 is 15.9 Å². The van der Waals surface area contributed by atoms with E-state index >= 15 is 0 Å². The van der Waals surface area contributed by atoms with Gasteiger partial charge in [-0.1, -0.05) is 24.6 Å². The van der Waals surface area contributed by atoms with Crippen LogP contribution in [0.4, 0.5) is 0 Å². The molecule has 0 radical (unpaired) electrons. The van der Waals surface area contributed by atoms with Crippen molar-refractivity contribution in [1.29, 1.82) is 0 Å². The van der Waals surface area contributed by atoms with Crippen LogP contribution in [0.3, 0.4) is 0 Å². The van der Waals surface area contributed by atoms with Gasteiger partial charge in [-0.25, -0.2) is 13.2 Å². The maximum atomic E-state index is 12.8. The Morgan fingerprint density at radius 3 is 2.67 bits per heavy atom. The predicted molar refractivity (Wildman–Crippen MR) is 89.8 cm³/mol. The molecule has 2 aromatic heterocycles. The summed E-state index contributed by atoms with van der Waals surface area (Å²) in [5, 5.41) is 1.05. The normalized spacial score (nSPS) is 12.7. The smallest absolute Gasteiger partial charge is 0.158 e. The second-order valence-corrected chi connectivity index (χ2v) is 7.20. The number of hydrogen-bond donors (Lipinski definition) is 0. The van der Waals surface area contributed by atoms with Gasteiger partial charge in [-0.2, -0.15) is 0 Å². The topological polar surface area (TPSA) is 34.9 Å². The van der Waals surface area contributed by atoms with E-state index in [0.717, 1.165) is 37.9 Å². The quantitative estimate of drug-likeness (QED) is 0.698. The van der Waals surface area contributed by atoms with Crippen molar-refractivity contribution in [2.45, 2.75) is 25.2 Å². The minimum atomic E-state index is -1.28. The summed E-state index contributed by atoms with van der Waals surface area (Å²) in [5.41, 5.74) is 3.07. The number of aryl methyl sites for hydroxylation is 2. The fourth-order valence-corrected chi connectivity index (χ4v) is 3.75. The SMILES string of the molecule is CCc1cn(S(=O)c2ccc(C)cc2)c2ncc(Br)cc12. The number of hydrogen-bond acceptors (Lipinski definition) is 2. The summed E-state index contributed by atoms with van der Waals surface area (Å²) in [5.74, 6) is 0. The molecule has 0 saturated heterocycles. The second kappa shape index (κ2) is 5.73. The van der Waals surface area contributed by atoms with Gasteiger partial charge >= 0.3 is 0 Å². The number of aromatic nitrogens is 2. The lowest BCUT2D eigenvalue weighted by molar-refractivity contribution is 0.678. The first-order valence-corrected chi connectivity index (χ1v) is 8.64. The van der Waals surface area contributed by atoms with E-state index in [2.05, 4.69) is 27.8 Å². The highest BCUT2D eigenvalue weighted by Gasteiger charge is 2.14. The van der Waals surface area contributed by atoms with Crippen molar-refractivity contribution < 1.29 is 4.21 Å². The van der Waals surface area contributed by atoms with Crippen LogP contribution in [0.15, 0.2) is 52.1 Å². The van der Waals surface area contributed by atoms with Crippen molar-refractivity contribution in [2.75, 3.05) is 0 Å². The minimum Gasteiger partial charge on any atom is -0.246 e. The Morgan fingerprint density at radius 1 is 1.29 bits per heavy atom. The largest absolute Gasteiger partial charge is 0.246 e. The van der Waals surface area contributed by atoms with Crippen LogP contribution in [0.2, 0.25) is 0 Å². The van der Waals surface area contributed by atoms with E-state index in [1.165, 1.54) is 0 Å². The maximum Gasteiger partial charge on any atom is 0.158 e. The molecule has 108 valence electrons. The molecule has 0 amide bonds. The van der Waals surface area contributed by atoms with Crippen molar-refractivity contribution >= 4 is 37.9 Å². The van der Waals surface area contributed by atoms with Crippen molar-refractivity contribution in [1.82, 2.24) is 8.96 Å². The Bertz CT molecular complexity index is 824. The molecule has 1 aromatic carbocycles. The molecular weight excluding hydrogens is 348 g/mol. The molecule has 3 nitrogen and oxygen atoms in total. The van der Waals surface area contributed by atoms with Gasteiger partial charge in [0.15, 0.2) is 16.6 Å². The standard InChI is InChI=1S/C16H15BrN2OS/c1-3-12-10-19(16-15(12)8-13(17)9-18-16)21(20)14-6-4-11(2)5-7-14/h4-10H,3H2,1-2H3. The van der Waals surface area contributed by atoms with Gasteiger partial charge in [-0.15, -0.1) is 0 Å². The molecule has 0 aliphatic carbocycles. The summed E-state index contributed by atoms with van der Waals surface area (Å²) < 4.78 is 15.5. The molecule has 1 unspecified atom stereocenters. The molecule has 0 aliphatic rings. The fourth-order valence-electron chi connectivity index (χ4n) is 2.29. The number of rotatable bonds is 3. The first kappa shape index (κ1) is 14.5. The van der Waals surface area contributed by atoms with Crippen LogP contribution < -0.4 is 0 Å². The van der Waals surface area contributed by atoms with Gasteiger partial charge in [0.05, 0.1) is 4.90 Å². The Labute approximate surface area is 134 Å². The third-order valence-electron chi connectivity index (χ3n) is 3.44. The molecule has 0 bridgehead atoms. The first-order chi connectivity index (χ1) is 10.1. The van der Waals surface area contributed by atoms with Crippen LogP contribution in [-0.4, -0.2) is 13.2 Å². The lowest BCUT2D eigenvalue weighted by Crippen LogP contribution is -2.04. The van der Waals surface area contributed by atoms with Gasteiger partial charge < -0.3 is 0 Å². The predicted octanol–water partition coefficient (Wildman–Crippen LogP) is 4.24. The van der Waals surface area contributed by atoms with Crippen molar-refractivity contribution in [3.8, 4) is 0 Å². The van der Waals surface area contributed by atoms with E-state index < -0.39 is 11.0 Å². The van der Waals surface area contributed by atoms with Gasteiger partial charge in [0.25, 0.3) is 0 Å². The van der Waals surface area contributed by atoms with Crippen LogP contribution in [0.1, 0.15) is 18.1 Å². The Balaban J connectivity index is 2.16. The van der Waals surface area contributed by atoms with Gasteiger partial charge in [0.2, 0.25) is 0 Å². The molecule has 3 rings (SSSR count). The minimum absolute atomic E-state index is 0.758. The zero-order chi connectivity index (χ0) is 15.0. The van der Waals surface area contributed by atoms with E-state index in [1.807, 2.05) is 43.5 Å². The molecule has 0 saturated carbocycles. The zero-order valence-electron chi connectivity index (χ0n) is 11.8. The maximum absolute atomic E-state index is 12.8. The van der Waals surface area contributed by atoms with E-state index in [1.54, 1.807) is 10.2 Å². The number of halogens is 1. The number of pyridine rings is 1. The van der Waals surface area contributed by atoms with Crippen molar-refractivity contribution in [3.63, 3.8) is 0 Å². The fraction of sp³-hybridized carbons (Fsp3) is 0.188. The number of nitrogens with zero attached hydrogens (tertiary/aromatic N) is 2. The van der Waals surface area contributed by atoms with Crippen LogP contribution in [-0.2, 0) is 17.4 Å². The Kier molecular flexibility index (Phi) is 3.95. The summed E-state index contributed by atoms with van der Waals surface area (Å²) in [6.45, 7) is 4.11. The number of fused-ring (bicyclic) bond motifs is 1. The molecule has 2 heterocycles. The van der Waals surface area contributed by atoms with Crippen LogP contribution in [0.25, 0.3) is 11.0 Å². The first-order valence-electron chi connectivity index (χ1n) is 6.74. The molecule has 0 spiro atoms. The average Bonchev–Trinajstić information content (AvgIpc) is 2.85. The summed E-state index contributed by atoms with van der Waals surface area (Å²) >= 11 is 3.45. The summed E-state index contributed by atoms with van der Waals surface area (Å²) in [6.07, 6.45) is 4.57. The molecule has 21 heavy (non-hydrogen) atoms. The average molecular weight is 363 g/mol. The van der Waals surface area contributed by atoms with E-state index in [-0.39, 0.29) is 0 Å². The summed E-state index contributed by atoms with van der Waals surface area (Å²) in [7, 11) is -1.28. The van der Waals surface area contributed by atoms with Gasteiger partial charge in [0.1, 0.15) is 0 Å². The lowest BCUT2D eigenvalue weighted by atomic mass is 10.2. The van der Waals surface area contributed by atoms with Crippen molar-refractivity contribution in [3.05, 3.63) is 58.3 Å². The molecule has 0 fully saturated rings. The monoisotopic (exact) mass is 362 g/mol. The molecule has 3 aromatic rings. The third kappa shape index (κ3) is 2.68. The highest BCUT2D eigenvalue weighted by Crippen LogP contribution is 2.25. The molecule has 0 N–H and O–H groups in total. The number of benzene rings is 1. The molecule has 0 aliphatic heterocycles. The third-order valence-corrected chi connectivity index (χ3v) is 5.19. The van der Waals surface area contributed by atoms with E-state index in [4.69, 9.17) is 0 Å². The van der Waals surface area contributed by atoms with E-state index in [9.17, 15) is 4.21 Å².